The van der Waals surface area contributed by atoms with Gasteiger partial charge in [0, 0.05) is 5.39 Å². The first-order chi connectivity index (χ1) is 8.41. The molecule has 0 fully saturated rings. The highest BCUT2D eigenvalue weighted by atomic mass is 16.4. The van der Waals surface area contributed by atoms with Crippen molar-refractivity contribution in [2.75, 3.05) is 0 Å². The average molecular weight is 243 g/mol. The molecule has 0 aliphatic heterocycles. The standard InChI is InChI=1S/C15H17NO2/c1-8-5-6-12-7-9(2)13(11(4)15(17)18)16-14(12)10(8)3/h5-7,11H,1-4H3,(H,17,18). The summed E-state index contributed by atoms with van der Waals surface area (Å²) in [5.74, 6) is -1.41. The number of aromatic nitrogens is 1. The molecular weight excluding hydrogens is 226 g/mol. The molecule has 0 saturated carbocycles. The zero-order valence-electron chi connectivity index (χ0n) is 11.1. The van der Waals surface area contributed by atoms with Crippen molar-refractivity contribution in [2.45, 2.75) is 33.6 Å². The second-order valence-electron chi connectivity index (χ2n) is 4.83. The maximum absolute atomic E-state index is 11.1. The van der Waals surface area contributed by atoms with Gasteiger partial charge in [-0.1, -0.05) is 12.1 Å². The van der Waals surface area contributed by atoms with E-state index in [1.165, 1.54) is 5.56 Å². The van der Waals surface area contributed by atoms with E-state index < -0.39 is 11.9 Å². The highest BCUT2D eigenvalue weighted by Crippen LogP contribution is 2.25. The summed E-state index contributed by atoms with van der Waals surface area (Å²) in [6.07, 6.45) is 0. The topological polar surface area (TPSA) is 50.2 Å². The van der Waals surface area contributed by atoms with Crippen molar-refractivity contribution in [3.8, 4) is 0 Å². The second kappa shape index (κ2) is 4.41. The molecule has 18 heavy (non-hydrogen) atoms. The van der Waals surface area contributed by atoms with Gasteiger partial charge in [0.1, 0.15) is 0 Å². The molecule has 0 spiro atoms. The van der Waals surface area contributed by atoms with Gasteiger partial charge >= 0.3 is 5.97 Å². The number of aliphatic carboxylic acids is 1. The number of carboxylic acid groups (broad SMARTS) is 1. The van der Waals surface area contributed by atoms with Crippen LogP contribution in [-0.4, -0.2) is 16.1 Å². The van der Waals surface area contributed by atoms with Crippen LogP contribution in [-0.2, 0) is 4.79 Å². The molecule has 0 aliphatic carbocycles. The quantitative estimate of drug-likeness (QED) is 0.880. The number of fused-ring (bicyclic) bond motifs is 1. The smallest absolute Gasteiger partial charge is 0.312 e. The number of hydrogen-bond donors (Lipinski definition) is 1. The zero-order chi connectivity index (χ0) is 13.4. The van der Waals surface area contributed by atoms with E-state index in [1.54, 1.807) is 6.92 Å². The number of carbonyl (C=O) groups is 1. The van der Waals surface area contributed by atoms with Crippen molar-refractivity contribution in [1.82, 2.24) is 4.98 Å². The van der Waals surface area contributed by atoms with Crippen molar-refractivity contribution in [3.63, 3.8) is 0 Å². The molecule has 1 N–H and O–H groups in total. The highest BCUT2D eigenvalue weighted by molar-refractivity contribution is 5.85. The van der Waals surface area contributed by atoms with Gasteiger partial charge in [0.15, 0.2) is 0 Å². The van der Waals surface area contributed by atoms with Gasteiger partial charge in [0.25, 0.3) is 0 Å². The molecule has 1 heterocycles. The van der Waals surface area contributed by atoms with E-state index in [-0.39, 0.29) is 0 Å². The summed E-state index contributed by atoms with van der Waals surface area (Å²) in [5, 5.41) is 10.2. The van der Waals surface area contributed by atoms with E-state index >= 15 is 0 Å². The Labute approximate surface area is 106 Å². The average Bonchev–Trinajstić information content (AvgIpc) is 2.32. The fraction of sp³-hybridized carbons (Fsp3) is 0.333. The maximum Gasteiger partial charge on any atom is 0.312 e. The molecule has 94 valence electrons. The molecular formula is C15H17NO2. The van der Waals surface area contributed by atoms with Crippen LogP contribution < -0.4 is 0 Å². The molecule has 1 aromatic carbocycles. The summed E-state index contributed by atoms with van der Waals surface area (Å²) in [6, 6.07) is 6.12. The molecule has 1 aromatic heterocycles. The third-order valence-corrected chi connectivity index (χ3v) is 3.52. The Kier molecular flexibility index (Phi) is 3.07. The predicted molar refractivity (Wildman–Crippen MR) is 72.0 cm³/mol. The largest absolute Gasteiger partial charge is 0.481 e. The minimum Gasteiger partial charge on any atom is -0.481 e. The molecule has 2 aromatic rings. The maximum atomic E-state index is 11.1. The molecule has 0 bridgehead atoms. The Bertz CT molecular complexity index is 632. The monoisotopic (exact) mass is 243 g/mol. The summed E-state index contributed by atoms with van der Waals surface area (Å²) in [4.78, 5) is 15.7. The third kappa shape index (κ3) is 1.96. The van der Waals surface area contributed by atoms with Crippen LogP contribution in [0, 0.1) is 20.8 Å². The fourth-order valence-electron chi connectivity index (χ4n) is 2.16. The van der Waals surface area contributed by atoms with Gasteiger partial charge in [-0.2, -0.15) is 0 Å². The Morgan fingerprint density at radius 3 is 2.50 bits per heavy atom. The summed E-state index contributed by atoms with van der Waals surface area (Å²) in [7, 11) is 0. The lowest BCUT2D eigenvalue weighted by Crippen LogP contribution is -2.11. The van der Waals surface area contributed by atoms with Gasteiger partial charge in [-0.15, -0.1) is 0 Å². The van der Waals surface area contributed by atoms with Crippen LogP contribution in [0.3, 0.4) is 0 Å². The Balaban J connectivity index is 2.74. The summed E-state index contributed by atoms with van der Waals surface area (Å²) >= 11 is 0. The van der Waals surface area contributed by atoms with Gasteiger partial charge in [0.2, 0.25) is 0 Å². The fourth-order valence-corrected chi connectivity index (χ4v) is 2.16. The van der Waals surface area contributed by atoms with Crippen molar-refractivity contribution in [1.29, 1.82) is 0 Å². The van der Waals surface area contributed by atoms with Crippen molar-refractivity contribution >= 4 is 16.9 Å². The Morgan fingerprint density at radius 2 is 1.89 bits per heavy atom. The van der Waals surface area contributed by atoms with E-state index in [0.29, 0.717) is 5.69 Å². The minimum atomic E-state index is -0.838. The van der Waals surface area contributed by atoms with Gasteiger partial charge in [0.05, 0.1) is 17.1 Å². The van der Waals surface area contributed by atoms with Gasteiger partial charge < -0.3 is 5.11 Å². The number of hydrogen-bond acceptors (Lipinski definition) is 2. The SMILES string of the molecule is Cc1cc2ccc(C)c(C)c2nc1C(C)C(=O)O. The van der Waals surface area contributed by atoms with Gasteiger partial charge in [-0.25, -0.2) is 0 Å². The second-order valence-corrected chi connectivity index (χ2v) is 4.83. The van der Waals surface area contributed by atoms with Crippen LogP contribution in [0.15, 0.2) is 18.2 Å². The number of aryl methyl sites for hydroxylation is 3. The number of carboxylic acids is 1. The van der Waals surface area contributed by atoms with E-state index in [2.05, 4.69) is 11.1 Å². The van der Waals surface area contributed by atoms with E-state index in [1.807, 2.05) is 32.9 Å². The first-order valence-corrected chi connectivity index (χ1v) is 6.02. The first-order valence-electron chi connectivity index (χ1n) is 6.02. The van der Waals surface area contributed by atoms with E-state index in [9.17, 15) is 4.79 Å². The van der Waals surface area contributed by atoms with E-state index in [0.717, 1.165) is 22.0 Å². The molecule has 1 unspecified atom stereocenters. The minimum absolute atomic E-state index is 0.575. The van der Waals surface area contributed by atoms with Crippen molar-refractivity contribution in [3.05, 3.63) is 40.6 Å². The highest BCUT2D eigenvalue weighted by Gasteiger charge is 2.18. The van der Waals surface area contributed by atoms with E-state index in [4.69, 9.17) is 5.11 Å². The van der Waals surface area contributed by atoms with Gasteiger partial charge in [-0.05, 0) is 50.5 Å². The lowest BCUT2D eigenvalue weighted by atomic mass is 9.98. The number of nitrogens with zero attached hydrogens (tertiary/aromatic N) is 1. The summed E-state index contributed by atoms with van der Waals surface area (Å²) in [5.41, 5.74) is 4.78. The lowest BCUT2D eigenvalue weighted by molar-refractivity contribution is -0.138. The molecule has 1 atom stereocenters. The molecule has 3 nitrogen and oxygen atoms in total. The summed E-state index contributed by atoms with van der Waals surface area (Å²) < 4.78 is 0. The number of benzene rings is 1. The van der Waals surface area contributed by atoms with Crippen LogP contribution >= 0.6 is 0 Å². The molecule has 0 saturated heterocycles. The van der Waals surface area contributed by atoms with Gasteiger partial charge in [-0.3, -0.25) is 9.78 Å². The molecule has 0 amide bonds. The molecule has 0 aliphatic rings. The lowest BCUT2D eigenvalue weighted by Gasteiger charge is -2.13. The van der Waals surface area contributed by atoms with Crippen LogP contribution in [0.25, 0.3) is 10.9 Å². The van der Waals surface area contributed by atoms with Crippen molar-refractivity contribution in [2.24, 2.45) is 0 Å². The van der Waals surface area contributed by atoms with Crippen LogP contribution in [0.4, 0.5) is 0 Å². The number of pyridine rings is 1. The zero-order valence-corrected chi connectivity index (χ0v) is 11.1. The first kappa shape index (κ1) is 12.6. The van der Waals surface area contributed by atoms with Crippen LogP contribution in [0.5, 0.6) is 0 Å². The number of rotatable bonds is 2. The van der Waals surface area contributed by atoms with Crippen LogP contribution in [0.1, 0.15) is 35.2 Å². The van der Waals surface area contributed by atoms with Crippen molar-refractivity contribution < 1.29 is 9.90 Å². The molecule has 0 radical (unpaired) electrons. The summed E-state index contributed by atoms with van der Waals surface area (Å²) in [6.45, 7) is 7.65. The normalized spacial score (nSPS) is 12.7. The third-order valence-electron chi connectivity index (χ3n) is 3.52. The van der Waals surface area contributed by atoms with Crippen LogP contribution in [0.2, 0.25) is 0 Å². The predicted octanol–water partition coefficient (Wildman–Crippen LogP) is 3.35. The molecule has 2 rings (SSSR count). The Morgan fingerprint density at radius 1 is 1.22 bits per heavy atom. The molecule has 3 heteroatoms. The Hall–Kier alpha value is -1.90.